The van der Waals surface area contributed by atoms with Gasteiger partial charge in [0, 0.05) is 19.6 Å². The Hall–Kier alpha value is -1.78. The smallest absolute Gasteiger partial charge is 0.191 e. The maximum absolute atomic E-state index is 12.7. The number of rotatable bonds is 6. The van der Waals surface area contributed by atoms with Gasteiger partial charge in [0.25, 0.3) is 0 Å². The molecule has 0 bridgehead atoms. The third-order valence-corrected chi connectivity index (χ3v) is 3.84. The second kappa shape index (κ2) is 9.28. The van der Waals surface area contributed by atoms with E-state index in [1.54, 1.807) is 12.1 Å². The molecule has 0 spiro atoms. The lowest BCUT2D eigenvalue weighted by atomic mass is 10.2. The van der Waals surface area contributed by atoms with Crippen LogP contribution in [-0.4, -0.2) is 37.1 Å². The highest BCUT2D eigenvalue weighted by Crippen LogP contribution is 2.12. The van der Waals surface area contributed by atoms with Crippen molar-refractivity contribution in [2.75, 3.05) is 26.2 Å². The fourth-order valence-electron chi connectivity index (χ4n) is 2.53. The van der Waals surface area contributed by atoms with Crippen molar-refractivity contribution in [3.05, 3.63) is 30.1 Å². The molecule has 1 aromatic rings. The van der Waals surface area contributed by atoms with Crippen LogP contribution >= 0.6 is 0 Å². The van der Waals surface area contributed by atoms with Crippen LogP contribution in [0.25, 0.3) is 0 Å². The quantitative estimate of drug-likeness (QED) is 0.499. The number of likely N-dealkylation sites (tertiary alicyclic amines) is 1. The van der Waals surface area contributed by atoms with Crippen LogP contribution in [0.3, 0.4) is 0 Å². The Bertz CT molecular complexity index is 453. The van der Waals surface area contributed by atoms with Gasteiger partial charge in [-0.05, 0) is 49.9 Å². The van der Waals surface area contributed by atoms with Crippen LogP contribution in [0.15, 0.2) is 29.3 Å². The van der Waals surface area contributed by atoms with Crippen molar-refractivity contribution in [2.24, 2.45) is 10.7 Å². The second-order valence-corrected chi connectivity index (χ2v) is 5.65. The molecule has 1 aromatic carbocycles. The Morgan fingerprint density at radius 3 is 2.45 bits per heavy atom. The first-order valence-electron chi connectivity index (χ1n) is 8.19. The molecule has 22 heavy (non-hydrogen) atoms. The molecule has 0 aliphatic carbocycles. The van der Waals surface area contributed by atoms with E-state index < -0.39 is 0 Å². The number of ether oxygens (including phenoxy) is 1. The van der Waals surface area contributed by atoms with Crippen molar-refractivity contribution in [2.45, 2.75) is 38.5 Å². The summed E-state index contributed by atoms with van der Waals surface area (Å²) in [5.41, 5.74) is 6.05. The average Bonchev–Trinajstić information content (AvgIpc) is 2.81. The highest BCUT2D eigenvalue weighted by Gasteiger charge is 2.10. The molecule has 1 heterocycles. The van der Waals surface area contributed by atoms with Gasteiger partial charge in [-0.3, -0.25) is 4.99 Å². The Morgan fingerprint density at radius 2 is 1.77 bits per heavy atom. The Balaban J connectivity index is 1.59. The zero-order valence-electron chi connectivity index (χ0n) is 13.1. The van der Waals surface area contributed by atoms with E-state index in [2.05, 4.69) is 9.89 Å². The number of benzene rings is 1. The fourth-order valence-corrected chi connectivity index (χ4v) is 2.53. The topological polar surface area (TPSA) is 50.9 Å². The van der Waals surface area contributed by atoms with Crippen molar-refractivity contribution in [1.29, 1.82) is 0 Å². The van der Waals surface area contributed by atoms with Gasteiger partial charge < -0.3 is 15.4 Å². The van der Waals surface area contributed by atoms with E-state index >= 15 is 0 Å². The number of unbranched alkanes of at least 4 members (excludes halogenated alkanes) is 1. The highest BCUT2D eigenvalue weighted by molar-refractivity contribution is 5.78. The van der Waals surface area contributed by atoms with Gasteiger partial charge in [0.05, 0.1) is 6.61 Å². The zero-order chi connectivity index (χ0) is 15.6. The van der Waals surface area contributed by atoms with Crippen molar-refractivity contribution < 1.29 is 9.13 Å². The minimum Gasteiger partial charge on any atom is -0.494 e. The van der Waals surface area contributed by atoms with E-state index in [0.29, 0.717) is 18.3 Å². The standard InChI is InChI=1S/C17H26FN3O/c18-15-7-9-16(10-8-15)22-14-6-3-11-20-17(19)21-12-4-1-2-5-13-21/h7-10H,1-6,11-14H2,(H2,19,20). The molecule has 0 radical (unpaired) electrons. The van der Waals surface area contributed by atoms with Crippen LogP contribution in [0.1, 0.15) is 38.5 Å². The summed E-state index contributed by atoms with van der Waals surface area (Å²) in [6, 6.07) is 6.10. The van der Waals surface area contributed by atoms with E-state index in [1.807, 2.05) is 0 Å². The van der Waals surface area contributed by atoms with Crippen LogP contribution in [0, 0.1) is 5.82 Å². The van der Waals surface area contributed by atoms with E-state index in [4.69, 9.17) is 10.5 Å². The Kier molecular flexibility index (Phi) is 7.00. The molecular formula is C17H26FN3O. The molecule has 1 aliphatic rings. The minimum atomic E-state index is -0.245. The van der Waals surface area contributed by atoms with Crippen LogP contribution in [0.4, 0.5) is 4.39 Å². The molecule has 0 amide bonds. The fraction of sp³-hybridized carbons (Fsp3) is 0.588. The maximum Gasteiger partial charge on any atom is 0.191 e. The molecule has 4 nitrogen and oxygen atoms in total. The Morgan fingerprint density at radius 1 is 1.09 bits per heavy atom. The SMILES string of the molecule is NC(=NCCCCOc1ccc(F)cc1)N1CCCCCC1. The normalized spacial score (nSPS) is 16.4. The van der Waals surface area contributed by atoms with E-state index in [0.717, 1.165) is 32.5 Å². The van der Waals surface area contributed by atoms with Crippen LogP contribution in [0.5, 0.6) is 5.75 Å². The third kappa shape index (κ3) is 5.92. The van der Waals surface area contributed by atoms with Gasteiger partial charge in [0.15, 0.2) is 5.96 Å². The summed E-state index contributed by atoms with van der Waals surface area (Å²) in [7, 11) is 0. The summed E-state index contributed by atoms with van der Waals surface area (Å²) < 4.78 is 18.3. The molecule has 2 rings (SSSR count). The Labute approximate surface area is 132 Å². The lowest BCUT2D eigenvalue weighted by Gasteiger charge is -2.21. The first-order valence-corrected chi connectivity index (χ1v) is 8.19. The molecule has 122 valence electrons. The van der Waals surface area contributed by atoms with Gasteiger partial charge >= 0.3 is 0 Å². The average molecular weight is 307 g/mol. The van der Waals surface area contributed by atoms with Crippen molar-refractivity contribution in [1.82, 2.24) is 4.90 Å². The van der Waals surface area contributed by atoms with Crippen molar-refractivity contribution >= 4 is 5.96 Å². The van der Waals surface area contributed by atoms with Crippen LogP contribution in [-0.2, 0) is 0 Å². The van der Waals surface area contributed by atoms with Gasteiger partial charge in [0.1, 0.15) is 11.6 Å². The summed E-state index contributed by atoms with van der Waals surface area (Å²) >= 11 is 0. The third-order valence-electron chi connectivity index (χ3n) is 3.84. The number of hydrogen-bond donors (Lipinski definition) is 1. The number of hydrogen-bond acceptors (Lipinski definition) is 2. The predicted molar refractivity (Wildman–Crippen MR) is 87.7 cm³/mol. The first kappa shape index (κ1) is 16.6. The largest absolute Gasteiger partial charge is 0.494 e. The number of nitrogens with two attached hydrogens (primary N) is 1. The molecular weight excluding hydrogens is 281 g/mol. The van der Waals surface area contributed by atoms with Crippen LogP contribution in [0.2, 0.25) is 0 Å². The molecule has 0 atom stereocenters. The maximum atomic E-state index is 12.7. The van der Waals surface area contributed by atoms with Gasteiger partial charge in [0.2, 0.25) is 0 Å². The highest BCUT2D eigenvalue weighted by atomic mass is 19.1. The zero-order valence-corrected chi connectivity index (χ0v) is 13.1. The van der Waals surface area contributed by atoms with Crippen LogP contribution < -0.4 is 10.5 Å². The minimum absolute atomic E-state index is 0.245. The molecule has 2 N–H and O–H groups in total. The lowest BCUT2D eigenvalue weighted by Crippen LogP contribution is -2.38. The number of aliphatic imine (C=N–C) groups is 1. The summed E-state index contributed by atoms with van der Waals surface area (Å²) in [4.78, 5) is 6.66. The predicted octanol–water partition coefficient (Wildman–Crippen LogP) is 3.18. The molecule has 0 aromatic heterocycles. The molecule has 1 saturated heterocycles. The molecule has 0 saturated carbocycles. The summed E-state index contributed by atoms with van der Waals surface area (Å²) in [6.07, 6.45) is 6.86. The molecule has 0 unspecified atom stereocenters. The van der Waals surface area contributed by atoms with E-state index in [9.17, 15) is 4.39 Å². The second-order valence-electron chi connectivity index (χ2n) is 5.65. The van der Waals surface area contributed by atoms with Gasteiger partial charge in [-0.1, -0.05) is 12.8 Å². The lowest BCUT2D eigenvalue weighted by molar-refractivity contribution is 0.307. The summed E-state index contributed by atoms with van der Waals surface area (Å²) in [5, 5.41) is 0. The molecule has 1 aliphatic heterocycles. The van der Waals surface area contributed by atoms with Gasteiger partial charge in [-0.2, -0.15) is 0 Å². The summed E-state index contributed by atoms with van der Waals surface area (Å²) in [5.74, 6) is 1.14. The summed E-state index contributed by atoms with van der Waals surface area (Å²) in [6.45, 7) is 3.41. The first-order chi connectivity index (χ1) is 10.8. The molecule has 5 heteroatoms. The van der Waals surface area contributed by atoms with Crippen molar-refractivity contribution in [3.8, 4) is 5.75 Å². The van der Waals surface area contributed by atoms with E-state index in [1.165, 1.54) is 37.8 Å². The number of nitrogens with zero attached hydrogens (tertiary/aromatic N) is 2. The van der Waals surface area contributed by atoms with Gasteiger partial charge in [-0.25, -0.2) is 4.39 Å². The van der Waals surface area contributed by atoms with Crippen molar-refractivity contribution in [3.63, 3.8) is 0 Å². The van der Waals surface area contributed by atoms with E-state index in [-0.39, 0.29) is 5.82 Å². The number of guanidine groups is 1. The molecule has 1 fully saturated rings. The number of halogens is 1. The monoisotopic (exact) mass is 307 g/mol. The van der Waals surface area contributed by atoms with Gasteiger partial charge in [-0.15, -0.1) is 0 Å².